The zero-order valence-electron chi connectivity index (χ0n) is 61.0. The number of nitrogens with one attached hydrogen (secondary N) is 1. The van der Waals surface area contributed by atoms with E-state index in [9.17, 15) is 19.4 Å². The molecule has 0 aliphatic heterocycles. The molecule has 0 aromatic rings. The Bertz CT molecular complexity index is 1500. The van der Waals surface area contributed by atoms with Gasteiger partial charge in [-0.25, -0.2) is 4.57 Å². The lowest BCUT2D eigenvalue weighted by atomic mass is 10.0. The van der Waals surface area contributed by atoms with Crippen molar-refractivity contribution in [2.75, 3.05) is 40.9 Å². The fourth-order valence-corrected chi connectivity index (χ4v) is 13.5. The van der Waals surface area contributed by atoms with Gasteiger partial charge in [-0.2, -0.15) is 0 Å². The summed E-state index contributed by atoms with van der Waals surface area (Å²) in [6.07, 6.45) is 94.8. The van der Waals surface area contributed by atoms with Crippen LogP contribution in [0.3, 0.4) is 0 Å². The Labute approximate surface area is 557 Å². The van der Waals surface area contributed by atoms with Crippen LogP contribution < -0.4 is 5.32 Å². The van der Waals surface area contributed by atoms with E-state index in [1.807, 2.05) is 21.1 Å². The van der Waals surface area contributed by atoms with Gasteiger partial charge in [0.25, 0.3) is 0 Å². The lowest BCUT2D eigenvalue weighted by Gasteiger charge is -2.26. The van der Waals surface area contributed by atoms with Crippen molar-refractivity contribution >= 4 is 13.7 Å². The molecule has 0 spiro atoms. The van der Waals surface area contributed by atoms with Crippen LogP contribution in [0, 0.1) is 0 Å². The number of rotatable bonds is 76. The summed E-state index contributed by atoms with van der Waals surface area (Å²) in [6, 6.07) is -0.759. The highest BCUT2D eigenvalue weighted by Gasteiger charge is 2.28. The third-order valence-corrected chi connectivity index (χ3v) is 19.9. The van der Waals surface area contributed by atoms with Gasteiger partial charge in [-0.05, 0) is 44.9 Å². The molecule has 8 nitrogen and oxygen atoms in total. The first kappa shape index (κ1) is 88.0. The predicted molar refractivity (Wildman–Crippen MR) is 392 cm³/mol. The van der Waals surface area contributed by atoms with Crippen LogP contribution in [-0.4, -0.2) is 73.4 Å². The highest BCUT2D eigenvalue weighted by atomic mass is 31.2. The SMILES string of the molecule is CCCCCCC/C=C\C/C=C\CCCCCCCCCCCCCCCCCCCCCCCCCCCCCCCC(=O)NC(COP(=O)(O)OCC[N+](C)(C)C)C(O)CCCCCCCCCCCCCCCCCCCCCCCCCCCC. The molecule has 0 aromatic heterocycles. The maximum absolute atomic E-state index is 13.1. The molecule has 3 N–H and O–H groups in total. The van der Waals surface area contributed by atoms with E-state index in [1.165, 1.54) is 360 Å². The van der Waals surface area contributed by atoms with Crippen LogP contribution in [0.2, 0.25) is 0 Å². The summed E-state index contributed by atoms with van der Waals surface area (Å²) in [5.74, 6) is -0.133. The van der Waals surface area contributed by atoms with E-state index in [2.05, 4.69) is 43.5 Å². The fourth-order valence-electron chi connectivity index (χ4n) is 12.7. The number of aliphatic hydroxyl groups excluding tert-OH is 1. The highest BCUT2D eigenvalue weighted by Crippen LogP contribution is 2.43. The molecule has 0 radical (unpaired) electrons. The van der Waals surface area contributed by atoms with Crippen molar-refractivity contribution in [3.8, 4) is 0 Å². The maximum atomic E-state index is 13.1. The number of aliphatic hydroxyl groups is 1. The van der Waals surface area contributed by atoms with Crippen molar-refractivity contribution in [1.82, 2.24) is 5.32 Å². The Balaban J connectivity index is 3.86. The second-order valence-corrected chi connectivity index (χ2v) is 30.6. The van der Waals surface area contributed by atoms with E-state index >= 15 is 0 Å². The normalized spacial score (nSPS) is 13.6. The van der Waals surface area contributed by atoms with Gasteiger partial charge in [0.2, 0.25) is 5.91 Å². The molecule has 9 heteroatoms. The number of hydrogen-bond acceptors (Lipinski definition) is 5. The lowest BCUT2D eigenvalue weighted by Crippen LogP contribution is -2.46. The van der Waals surface area contributed by atoms with Gasteiger partial charge in [0.05, 0.1) is 39.9 Å². The topological polar surface area (TPSA) is 105 Å². The third-order valence-electron chi connectivity index (χ3n) is 19.0. The standard InChI is InChI=1S/C80H159N2O6P/c1-6-8-10-12-14-16-18-20-22-24-26-28-30-32-34-35-36-37-38-39-40-41-42-43-44-45-46-47-48-50-52-54-56-58-60-62-64-66-68-70-72-74-80(84)81-78(77-88-89(85,86)87-76-75-82(3,4)5)79(83)73-71-69-67-65-63-61-59-57-55-53-51-49-33-31-29-27-25-23-21-19-17-15-13-11-9-7-2/h18,20,24,26,78-79,83H,6-17,19,21-23,25,27-77H2,1-5H3,(H-,81,84,85,86)/p+1/b20-18-,26-24-. The first-order chi connectivity index (χ1) is 43.5. The van der Waals surface area contributed by atoms with E-state index in [4.69, 9.17) is 9.05 Å². The van der Waals surface area contributed by atoms with E-state index < -0.39 is 20.0 Å². The van der Waals surface area contributed by atoms with Gasteiger partial charge >= 0.3 is 7.82 Å². The van der Waals surface area contributed by atoms with Crippen molar-refractivity contribution in [3.63, 3.8) is 0 Å². The molecule has 0 aromatic carbocycles. The van der Waals surface area contributed by atoms with Gasteiger partial charge in [-0.1, -0.05) is 404 Å². The second kappa shape index (κ2) is 71.3. The Morgan fingerprint density at radius 3 is 0.921 bits per heavy atom. The monoisotopic (exact) mass is 1280 g/mol. The van der Waals surface area contributed by atoms with Crippen molar-refractivity contribution in [1.29, 1.82) is 0 Å². The van der Waals surface area contributed by atoms with E-state index in [1.54, 1.807) is 0 Å². The number of nitrogens with zero attached hydrogens (tertiary/aromatic N) is 1. The lowest BCUT2D eigenvalue weighted by molar-refractivity contribution is -0.870. The molecule has 0 heterocycles. The number of carbonyl (C=O) groups is 1. The number of likely N-dealkylation sites (N-methyl/N-ethyl adjacent to an activating group) is 1. The van der Waals surface area contributed by atoms with Crippen LogP contribution >= 0.6 is 7.82 Å². The number of amides is 1. The number of unbranched alkanes of at least 4 members (excludes halogenated alkanes) is 59. The smallest absolute Gasteiger partial charge is 0.391 e. The number of phosphoric ester groups is 1. The molecular formula is C80H160N2O6P+. The molecule has 0 aliphatic rings. The van der Waals surface area contributed by atoms with Crippen LogP contribution in [-0.2, 0) is 18.4 Å². The molecule has 0 aliphatic carbocycles. The Morgan fingerprint density at radius 2 is 0.640 bits per heavy atom. The third kappa shape index (κ3) is 74.2. The molecule has 89 heavy (non-hydrogen) atoms. The number of phosphoric acid groups is 1. The summed E-state index contributed by atoms with van der Waals surface area (Å²) in [5, 5.41) is 14.2. The maximum Gasteiger partial charge on any atom is 0.472 e. The molecular weight excluding hydrogens is 1120 g/mol. The van der Waals surface area contributed by atoms with Gasteiger partial charge in [-0.3, -0.25) is 13.8 Å². The van der Waals surface area contributed by atoms with Crippen LogP contribution in [0.25, 0.3) is 0 Å². The van der Waals surface area contributed by atoms with Gasteiger partial charge in [0.1, 0.15) is 13.2 Å². The Morgan fingerprint density at radius 1 is 0.382 bits per heavy atom. The minimum atomic E-state index is -4.33. The zero-order chi connectivity index (χ0) is 64.8. The molecule has 3 unspecified atom stereocenters. The van der Waals surface area contributed by atoms with Crippen molar-refractivity contribution in [2.45, 2.75) is 443 Å². The van der Waals surface area contributed by atoms with Crippen LogP contribution in [0.5, 0.6) is 0 Å². The summed E-state index contributed by atoms with van der Waals surface area (Å²) < 4.78 is 24.0. The highest BCUT2D eigenvalue weighted by molar-refractivity contribution is 7.47. The molecule has 530 valence electrons. The second-order valence-electron chi connectivity index (χ2n) is 29.2. The molecule has 1 amide bonds. The molecule has 0 fully saturated rings. The van der Waals surface area contributed by atoms with Crippen molar-refractivity contribution in [3.05, 3.63) is 24.3 Å². The average molecular weight is 1280 g/mol. The van der Waals surface area contributed by atoms with Gasteiger partial charge in [-0.15, -0.1) is 0 Å². The molecule has 3 atom stereocenters. The number of quaternary nitrogens is 1. The summed E-state index contributed by atoms with van der Waals surface area (Å²) in [6.45, 7) is 4.95. The number of hydrogen-bond donors (Lipinski definition) is 3. The summed E-state index contributed by atoms with van der Waals surface area (Å²) >= 11 is 0. The van der Waals surface area contributed by atoms with E-state index in [-0.39, 0.29) is 19.1 Å². The van der Waals surface area contributed by atoms with Crippen molar-refractivity contribution < 1.29 is 32.9 Å². The minimum absolute atomic E-state index is 0.0785. The van der Waals surface area contributed by atoms with Crippen LogP contribution in [0.15, 0.2) is 24.3 Å². The number of allylic oxidation sites excluding steroid dienone is 4. The molecule has 0 saturated carbocycles. The largest absolute Gasteiger partial charge is 0.472 e. The molecule has 0 saturated heterocycles. The Hall–Kier alpha value is -1.02. The number of carbonyl (C=O) groups excluding carboxylic acids is 1. The van der Waals surface area contributed by atoms with Crippen LogP contribution in [0.1, 0.15) is 431 Å². The molecule has 0 bridgehead atoms. The first-order valence-electron chi connectivity index (χ1n) is 40.2. The van der Waals surface area contributed by atoms with Crippen molar-refractivity contribution in [2.24, 2.45) is 0 Å². The van der Waals surface area contributed by atoms with Gasteiger partial charge in [0.15, 0.2) is 0 Å². The zero-order valence-corrected chi connectivity index (χ0v) is 61.9. The van der Waals surface area contributed by atoms with E-state index in [0.717, 1.165) is 44.9 Å². The summed E-state index contributed by atoms with van der Waals surface area (Å²) in [4.78, 5) is 23.5. The summed E-state index contributed by atoms with van der Waals surface area (Å²) in [7, 11) is 1.64. The first-order valence-corrected chi connectivity index (χ1v) is 41.7. The van der Waals surface area contributed by atoms with Gasteiger partial charge < -0.3 is 19.8 Å². The summed E-state index contributed by atoms with van der Waals surface area (Å²) in [5.41, 5.74) is 0. The minimum Gasteiger partial charge on any atom is -0.391 e. The van der Waals surface area contributed by atoms with E-state index in [0.29, 0.717) is 23.9 Å². The fraction of sp³-hybridized carbons (Fsp3) is 0.938. The quantitative estimate of drug-likeness (QED) is 0.0243. The Kier molecular flexibility index (Phi) is 70.5. The van der Waals surface area contributed by atoms with Gasteiger partial charge in [0, 0.05) is 6.42 Å². The van der Waals surface area contributed by atoms with Crippen LogP contribution in [0.4, 0.5) is 0 Å². The molecule has 0 rings (SSSR count). The predicted octanol–water partition coefficient (Wildman–Crippen LogP) is 26.2. The average Bonchev–Trinajstić information content (AvgIpc) is 3.61.